The van der Waals surface area contributed by atoms with E-state index in [2.05, 4.69) is 23.7 Å². The molecule has 26 heavy (non-hydrogen) atoms. The van der Waals surface area contributed by atoms with Gasteiger partial charge in [0.05, 0.1) is 18.8 Å². The second-order valence-electron chi connectivity index (χ2n) is 7.21. The second-order valence-corrected chi connectivity index (χ2v) is 7.21. The zero-order valence-corrected chi connectivity index (χ0v) is 15.0. The third-order valence-corrected chi connectivity index (χ3v) is 4.72. The number of ether oxygens (including phenoxy) is 3. The Labute approximate surface area is 151 Å². The molecular weight excluding hydrogens is 330 g/mol. The minimum absolute atomic E-state index is 0.580. The van der Waals surface area contributed by atoms with Crippen LogP contribution < -0.4 is 29.8 Å². The van der Waals surface area contributed by atoms with E-state index in [4.69, 9.17) is 19.2 Å². The molecule has 0 N–H and O–H groups in total. The van der Waals surface area contributed by atoms with Crippen LogP contribution in [0.3, 0.4) is 0 Å². The summed E-state index contributed by atoms with van der Waals surface area (Å²) >= 11 is 0. The monoisotopic (exact) mass is 351 g/mol. The van der Waals surface area contributed by atoms with Gasteiger partial charge in [0, 0.05) is 30.8 Å². The van der Waals surface area contributed by atoms with Crippen LogP contribution in [0.2, 0.25) is 0 Å². The van der Waals surface area contributed by atoms with E-state index in [1.807, 2.05) is 24.3 Å². The highest BCUT2D eigenvalue weighted by molar-refractivity contribution is 5.72. The molecule has 6 nitrogen and oxygen atoms in total. The Morgan fingerprint density at radius 3 is 2.69 bits per heavy atom. The summed E-state index contributed by atoms with van der Waals surface area (Å²) in [6.45, 7) is 8.31. The first-order valence-electron chi connectivity index (χ1n) is 9.11. The van der Waals surface area contributed by atoms with Crippen molar-refractivity contribution in [1.82, 2.24) is 0 Å². The van der Waals surface area contributed by atoms with E-state index in [1.165, 1.54) is 0 Å². The van der Waals surface area contributed by atoms with Crippen LogP contribution in [-0.4, -0.2) is 32.8 Å². The van der Waals surface area contributed by atoms with E-state index in [0.717, 1.165) is 58.2 Å². The zero-order chi connectivity index (χ0) is 17.7. The third-order valence-electron chi connectivity index (χ3n) is 4.72. The molecule has 0 saturated carbocycles. The van der Waals surface area contributed by atoms with Gasteiger partial charge in [-0.3, -0.25) is 4.99 Å². The smallest absolute Gasteiger partial charge is 0.155 e. The Bertz CT molecular complexity index is 1000. The molecule has 3 aliphatic heterocycles. The quantitative estimate of drug-likeness (QED) is 0.712. The fourth-order valence-corrected chi connectivity index (χ4v) is 3.60. The maximum Gasteiger partial charge on any atom is 0.155 e. The topological polar surface area (TPSA) is 55.7 Å². The standard InChI is InChI=1S/C20H21N3O3/c1-12(2)11-23-4-6-25-20-9-15-19(10-16(20)23)26-18-7-13-17(8-14(18)22-15)24-5-3-21-13/h7-10,12H,3-6,11H2,1-2H3. The molecular formula is C20H21N3O3. The number of hydrogen-bond acceptors (Lipinski definition) is 6. The summed E-state index contributed by atoms with van der Waals surface area (Å²) in [5.74, 6) is 3.69. The molecule has 0 fully saturated rings. The number of nitrogens with zero attached hydrogens (tertiary/aromatic N) is 3. The van der Waals surface area contributed by atoms with E-state index in [9.17, 15) is 0 Å². The van der Waals surface area contributed by atoms with E-state index < -0.39 is 0 Å². The maximum absolute atomic E-state index is 6.17. The Kier molecular flexibility index (Phi) is 3.51. The largest absolute Gasteiger partial charge is 0.489 e. The summed E-state index contributed by atoms with van der Waals surface area (Å²) in [6.07, 6.45) is 0. The first-order chi connectivity index (χ1) is 12.7. The minimum Gasteiger partial charge on any atom is -0.489 e. The van der Waals surface area contributed by atoms with E-state index in [-0.39, 0.29) is 0 Å². The molecule has 0 bridgehead atoms. The van der Waals surface area contributed by atoms with Crippen molar-refractivity contribution in [2.24, 2.45) is 15.9 Å². The van der Waals surface area contributed by atoms with Gasteiger partial charge in [0.25, 0.3) is 0 Å². The highest BCUT2D eigenvalue weighted by atomic mass is 16.5. The van der Waals surface area contributed by atoms with Crippen LogP contribution in [0.1, 0.15) is 13.8 Å². The Balaban J connectivity index is 1.61. The van der Waals surface area contributed by atoms with Crippen molar-refractivity contribution in [2.75, 3.05) is 37.7 Å². The number of fused-ring (bicyclic) bond motifs is 4. The van der Waals surface area contributed by atoms with E-state index in [0.29, 0.717) is 25.7 Å². The van der Waals surface area contributed by atoms with Gasteiger partial charge in [-0.2, -0.15) is 0 Å². The lowest BCUT2D eigenvalue weighted by molar-refractivity contribution is 0.303. The summed E-state index contributed by atoms with van der Waals surface area (Å²) in [6, 6.07) is 7.84. The molecule has 3 aliphatic rings. The molecule has 2 aromatic carbocycles. The molecule has 0 unspecified atom stereocenters. The normalized spacial score (nSPS) is 16.7. The molecule has 134 valence electrons. The van der Waals surface area contributed by atoms with Gasteiger partial charge in [0.2, 0.25) is 0 Å². The molecule has 0 aliphatic carbocycles. The molecule has 0 radical (unpaired) electrons. The summed E-state index contributed by atoms with van der Waals surface area (Å²) < 4.78 is 17.7. The van der Waals surface area contributed by atoms with Crippen molar-refractivity contribution in [3.05, 3.63) is 35.0 Å². The third kappa shape index (κ3) is 2.57. The summed E-state index contributed by atoms with van der Waals surface area (Å²) in [5, 5.41) is 1.60. The number of benzene rings is 2. The average molecular weight is 351 g/mol. The van der Waals surface area contributed by atoms with Gasteiger partial charge in [0.1, 0.15) is 41.1 Å². The molecule has 0 aromatic heterocycles. The Hall–Kier alpha value is -2.76. The lowest BCUT2D eigenvalue weighted by Crippen LogP contribution is -2.35. The van der Waals surface area contributed by atoms with Crippen molar-refractivity contribution in [3.8, 4) is 23.0 Å². The molecule has 0 spiro atoms. The zero-order valence-electron chi connectivity index (χ0n) is 15.0. The van der Waals surface area contributed by atoms with Crippen LogP contribution in [0.25, 0.3) is 0 Å². The maximum atomic E-state index is 6.17. The predicted molar refractivity (Wildman–Crippen MR) is 97.8 cm³/mol. The van der Waals surface area contributed by atoms with Crippen LogP contribution in [0, 0.1) is 5.92 Å². The lowest BCUT2D eigenvalue weighted by Gasteiger charge is -2.33. The van der Waals surface area contributed by atoms with Crippen molar-refractivity contribution >= 4 is 11.4 Å². The summed E-state index contributed by atoms with van der Waals surface area (Å²) in [5.41, 5.74) is 1.86. The number of hydrogen-bond donors (Lipinski definition) is 0. The molecule has 0 amide bonds. The van der Waals surface area contributed by atoms with E-state index in [1.54, 1.807) is 0 Å². The van der Waals surface area contributed by atoms with Crippen LogP contribution >= 0.6 is 0 Å². The van der Waals surface area contributed by atoms with Gasteiger partial charge in [-0.05, 0) is 5.92 Å². The fourth-order valence-electron chi connectivity index (χ4n) is 3.60. The lowest BCUT2D eigenvalue weighted by atomic mass is 10.1. The Morgan fingerprint density at radius 2 is 1.81 bits per heavy atom. The molecule has 0 atom stereocenters. The molecule has 2 aromatic rings. The minimum atomic E-state index is 0.580. The van der Waals surface area contributed by atoms with Gasteiger partial charge in [-0.15, -0.1) is 0 Å². The fraction of sp³-hybridized carbons (Fsp3) is 0.400. The highest BCUT2D eigenvalue weighted by Gasteiger charge is 2.24. The summed E-state index contributed by atoms with van der Waals surface area (Å²) in [4.78, 5) is 11.6. The van der Waals surface area contributed by atoms with Crippen molar-refractivity contribution < 1.29 is 14.2 Å². The van der Waals surface area contributed by atoms with Gasteiger partial charge >= 0.3 is 0 Å². The van der Waals surface area contributed by atoms with Gasteiger partial charge in [0.15, 0.2) is 11.5 Å². The Morgan fingerprint density at radius 1 is 0.962 bits per heavy atom. The second kappa shape index (κ2) is 5.90. The first-order valence-corrected chi connectivity index (χ1v) is 9.11. The van der Waals surface area contributed by atoms with Crippen LogP contribution in [0.4, 0.5) is 11.4 Å². The van der Waals surface area contributed by atoms with Crippen molar-refractivity contribution in [2.45, 2.75) is 13.8 Å². The highest BCUT2D eigenvalue weighted by Crippen LogP contribution is 2.44. The van der Waals surface area contributed by atoms with E-state index >= 15 is 0 Å². The molecule has 3 heterocycles. The SMILES string of the molecule is CC(C)CN1CCOc2cc3c(cc21)Oc1cc2c(cc1=N3)OCCN=2. The van der Waals surface area contributed by atoms with Crippen molar-refractivity contribution in [1.29, 1.82) is 0 Å². The molecule has 5 rings (SSSR count). The molecule has 0 saturated heterocycles. The first kappa shape index (κ1) is 15.5. The predicted octanol–water partition coefficient (Wildman–Crippen LogP) is 2.61. The number of anilines is 1. The van der Waals surface area contributed by atoms with Crippen LogP contribution in [0.5, 0.6) is 23.0 Å². The van der Waals surface area contributed by atoms with Crippen LogP contribution in [-0.2, 0) is 0 Å². The van der Waals surface area contributed by atoms with Crippen LogP contribution in [0.15, 0.2) is 34.3 Å². The molecule has 6 heteroatoms. The summed E-state index contributed by atoms with van der Waals surface area (Å²) in [7, 11) is 0. The van der Waals surface area contributed by atoms with Crippen molar-refractivity contribution in [3.63, 3.8) is 0 Å². The van der Waals surface area contributed by atoms with Gasteiger partial charge in [-0.1, -0.05) is 13.8 Å². The van der Waals surface area contributed by atoms with Gasteiger partial charge < -0.3 is 19.1 Å². The average Bonchev–Trinajstić information content (AvgIpc) is 2.63. The van der Waals surface area contributed by atoms with Gasteiger partial charge in [-0.25, -0.2) is 4.99 Å². The number of rotatable bonds is 2.